The van der Waals surface area contributed by atoms with Gasteiger partial charge in [0.1, 0.15) is 11.5 Å². The van der Waals surface area contributed by atoms with Crippen molar-refractivity contribution in [3.05, 3.63) is 54.1 Å². The number of hydrogen-bond acceptors (Lipinski definition) is 3. The third-order valence-electron chi connectivity index (χ3n) is 2.99. The zero-order valence-corrected chi connectivity index (χ0v) is 14.0. The SMILES string of the molecule is CC(C)Oc1ccc(C(=O)Nc2ccccc2OC(C)C)cc1. The molecule has 4 nitrogen and oxygen atoms in total. The van der Waals surface area contributed by atoms with E-state index < -0.39 is 0 Å². The second-order valence-electron chi connectivity index (χ2n) is 5.81. The first-order valence-electron chi connectivity index (χ1n) is 7.79. The summed E-state index contributed by atoms with van der Waals surface area (Å²) in [7, 11) is 0. The monoisotopic (exact) mass is 313 g/mol. The van der Waals surface area contributed by atoms with Gasteiger partial charge in [-0.05, 0) is 64.1 Å². The fraction of sp³-hybridized carbons (Fsp3) is 0.316. The van der Waals surface area contributed by atoms with Crippen LogP contribution in [-0.2, 0) is 0 Å². The van der Waals surface area contributed by atoms with E-state index in [0.29, 0.717) is 17.0 Å². The van der Waals surface area contributed by atoms with Gasteiger partial charge < -0.3 is 14.8 Å². The van der Waals surface area contributed by atoms with E-state index in [2.05, 4.69) is 5.32 Å². The molecule has 1 amide bonds. The molecule has 0 saturated heterocycles. The lowest BCUT2D eigenvalue weighted by molar-refractivity contribution is 0.102. The number of nitrogens with one attached hydrogen (secondary N) is 1. The van der Waals surface area contributed by atoms with Gasteiger partial charge >= 0.3 is 0 Å². The summed E-state index contributed by atoms with van der Waals surface area (Å²) in [5, 5.41) is 2.89. The molecule has 2 rings (SSSR count). The molecule has 0 atom stereocenters. The Kier molecular flexibility index (Phi) is 5.63. The van der Waals surface area contributed by atoms with Crippen LogP contribution in [0.4, 0.5) is 5.69 Å². The second-order valence-corrected chi connectivity index (χ2v) is 5.81. The summed E-state index contributed by atoms with van der Waals surface area (Å²) in [6.45, 7) is 7.83. The summed E-state index contributed by atoms with van der Waals surface area (Å²) >= 11 is 0. The van der Waals surface area contributed by atoms with Crippen molar-refractivity contribution in [2.75, 3.05) is 5.32 Å². The number of ether oxygens (including phenoxy) is 2. The van der Waals surface area contributed by atoms with Gasteiger partial charge in [0, 0.05) is 5.56 Å². The van der Waals surface area contributed by atoms with Crippen molar-refractivity contribution >= 4 is 11.6 Å². The van der Waals surface area contributed by atoms with Crippen molar-refractivity contribution in [3.63, 3.8) is 0 Å². The third kappa shape index (κ3) is 5.02. The molecule has 23 heavy (non-hydrogen) atoms. The third-order valence-corrected chi connectivity index (χ3v) is 2.99. The fourth-order valence-corrected chi connectivity index (χ4v) is 2.08. The van der Waals surface area contributed by atoms with Crippen molar-refractivity contribution in [1.82, 2.24) is 0 Å². The average Bonchev–Trinajstić information content (AvgIpc) is 2.49. The molecule has 4 heteroatoms. The van der Waals surface area contributed by atoms with Crippen LogP contribution in [-0.4, -0.2) is 18.1 Å². The highest BCUT2D eigenvalue weighted by molar-refractivity contribution is 6.05. The lowest BCUT2D eigenvalue weighted by Crippen LogP contribution is -2.14. The first-order chi connectivity index (χ1) is 11.0. The summed E-state index contributed by atoms with van der Waals surface area (Å²) in [5.74, 6) is 1.23. The van der Waals surface area contributed by atoms with Gasteiger partial charge in [-0.3, -0.25) is 4.79 Å². The van der Waals surface area contributed by atoms with E-state index in [9.17, 15) is 4.79 Å². The largest absolute Gasteiger partial charge is 0.491 e. The molecule has 0 aromatic heterocycles. The van der Waals surface area contributed by atoms with E-state index in [1.807, 2.05) is 52.0 Å². The van der Waals surface area contributed by atoms with Crippen LogP contribution >= 0.6 is 0 Å². The van der Waals surface area contributed by atoms with Gasteiger partial charge in [0.2, 0.25) is 0 Å². The van der Waals surface area contributed by atoms with Crippen LogP contribution < -0.4 is 14.8 Å². The smallest absolute Gasteiger partial charge is 0.255 e. The molecule has 0 aliphatic carbocycles. The average molecular weight is 313 g/mol. The molecule has 122 valence electrons. The number of carbonyl (C=O) groups excluding carboxylic acids is 1. The minimum absolute atomic E-state index is 0.0421. The highest BCUT2D eigenvalue weighted by Gasteiger charge is 2.11. The quantitative estimate of drug-likeness (QED) is 0.853. The highest BCUT2D eigenvalue weighted by Crippen LogP contribution is 2.25. The van der Waals surface area contributed by atoms with E-state index >= 15 is 0 Å². The maximum atomic E-state index is 12.4. The second kappa shape index (κ2) is 7.68. The molecule has 0 saturated carbocycles. The highest BCUT2D eigenvalue weighted by atomic mass is 16.5. The van der Waals surface area contributed by atoms with Gasteiger partial charge in [-0.15, -0.1) is 0 Å². The molecule has 0 radical (unpaired) electrons. The lowest BCUT2D eigenvalue weighted by atomic mass is 10.2. The first-order valence-corrected chi connectivity index (χ1v) is 7.79. The summed E-state index contributed by atoms with van der Waals surface area (Å²) in [5.41, 5.74) is 1.23. The number of anilines is 1. The Balaban J connectivity index is 2.10. The topological polar surface area (TPSA) is 47.6 Å². The zero-order chi connectivity index (χ0) is 16.8. The molecule has 0 heterocycles. The molecule has 2 aromatic rings. The number of hydrogen-bond donors (Lipinski definition) is 1. The molecule has 1 N–H and O–H groups in total. The predicted molar refractivity (Wildman–Crippen MR) is 92.4 cm³/mol. The van der Waals surface area contributed by atoms with Crippen molar-refractivity contribution in [3.8, 4) is 11.5 Å². The van der Waals surface area contributed by atoms with Crippen LogP contribution in [0.5, 0.6) is 11.5 Å². The summed E-state index contributed by atoms with van der Waals surface area (Å²) < 4.78 is 11.3. The molecule has 0 unspecified atom stereocenters. The van der Waals surface area contributed by atoms with Crippen LogP contribution in [0.25, 0.3) is 0 Å². The van der Waals surface area contributed by atoms with E-state index in [-0.39, 0.29) is 18.1 Å². The minimum atomic E-state index is -0.180. The molecule has 0 bridgehead atoms. The van der Waals surface area contributed by atoms with Gasteiger partial charge in [-0.2, -0.15) is 0 Å². The zero-order valence-electron chi connectivity index (χ0n) is 14.0. The number of amides is 1. The van der Waals surface area contributed by atoms with Gasteiger partial charge in [0.15, 0.2) is 0 Å². The Morgan fingerprint density at radius 1 is 0.870 bits per heavy atom. The molecule has 2 aromatic carbocycles. The molecule has 0 aliphatic rings. The summed E-state index contributed by atoms with van der Waals surface area (Å²) in [6.07, 6.45) is 0.148. The number of para-hydroxylation sites is 2. The Bertz CT molecular complexity index is 648. The Morgan fingerprint density at radius 3 is 2.09 bits per heavy atom. The molecular weight excluding hydrogens is 290 g/mol. The van der Waals surface area contributed by atoms with Crippen LogP contribution in [0.15, 0.2) is 48.5 Å². The molecule has 0 aliphatic heterocycles. The first kappa shape index (κ1) is 16.9. The summed E-state index contributed by atoms with van der Waals surface area (Å²) in [6, 6.07) is 14.5. The Hall–Kier alpha value is -2.49. The van der Waals surface area contributed by atoms with E-state index in [1.165, 1.54) is 0 Å². The maximum absolute atomic E-state index is 12.4. The predicted octanol–water partition coefficient (Wildman–Crippen LogP) is 4.51. The number of benzene rings is 2. The summed E-state index contributed by atoms with van der Waals surface area (Å²) in [4.78, 5) is 12.4. The van der Waals surface area contributed by atoms with E-state index in [1.54, 1.807) is 24.3 Å². The van der Waals surface area contributed by atoms with Crippen LogP contribution in [0.2, 0.25) is 0 Å². The normalized spacial score (nSPS) is 10.7. The Morgan fingerprint density at radius 2 is 1.48 bits per heavy atom. The van der Waals surface area contributed by atoms with Crippen LogP contribution in [0.3, 0.4) is 0 Å². The van der Waals surface area contributed by atoms with E-state index in [0.717, 1.165) is 5.75 Å². The van der Waals surface area contributed by atoms with Gasteiger partial charge in [0.25, 0.3) is 5.91 Å². The van der Waals surface area contributed by atoms with Crippen molar-refractivity contribution in [2.24, 2.45) is 0 Å². The maximum Gasteiger partial charge on any atom is 0.255 e. The molecule has 0 spiro atoms. The molecular formula is C19H23NO3. The van der Waals surface area contributed by atoms with Gasteiger partial charge in [-0.1, -0.05) is 12.1 Å². The lowest BCUT2D eigenvalue weighted by Gasteiger charge is -2.15. The number of rotatable bonds is 6. The van der Waals surface area contributed by atoms with Crippen molar-refractivity contribution in [1.29, 1.82) is 0 Å². The fourth-order valence-electron chi connectivity index (χ4n) is 2.08. The van der Waals surface area contributed by atoms with Crippen LogP contribution in [0, 0.1) is 0 Å². The van der Waals surface area contributed by atoms with Crippen LogP contribution in [0.1, 0.15) is 38.1 Å². The minimum Gasteiger partial charge on any atom is -0.491 e. The van der Waals surface area contributed by atoms with Crippen molar-refractivity contribution in [2.45, 2.75) is 39.9 Å². The molecule has 0 fully saturated rings. The number of carbonyl (C=O) groups is 1. The van der Waals surface area contributed by atoms with Gasteiger partial charge in [0.05, 0.1) is 17.9 Å². The van der Waals surface area contributed by atoms with Gasteiger partial charge in [-0.25, -0.2) is 0 Å². The van der Waals surface area contributed by atoms with E-state index in [4.69, 9.17) is 9.47 Å². The van der Waals surface area contributed by atoms with Crippen molar-refractivity contribution < 1.29 is 14.3 Å². The standard InChI is InChI=1S/C19H23NO3/c1-13(2)22-16-11-9-15(10-12-16)19(21)20-17-7-5-6-8-18(17)23-14(3)4/h5-14H,1-4H3,(H,20,21). The Labute approximate surface area is 137 Å².